The molecule has 0 bridgehead atoms. The summed E-state index contributed by atoms with van der Waals surface area (Å²) in [6.45, 7) is 62.8. The molecule has 0 atom stereocenters. The molecule has 0 amide bonds. The van der Waals surface area contributed by atoms with Gasteiger partial charge < -0.3 is 14.2 Å². The van der Waals surface area contributed by atoms with Crippen LogP contribution in [0.15, 0.2) is 61.6 Å². The molecule has 2 aromatic rings. The summed E-state index contributed by atoms with van der Waals surface area (Å²) in [5.41, 5.74) is 6.34. The lowest BCUT2D eigenvalue weighted by atomic mass is 9.75. The van der Waals surface area contributed by atoms with E-state index in [1.807, 2.05) is 0 Å². The first-order valence-corrected chi connectivity index (χ1v) is 23.5. The van der Waals surface area contributed by atoms with Crippen LogP contribution in [0, 0.1) is 6.92 Å². The standard InChI is InChI=1S/C57H92N2O3/c1-37-47(51(11,12)13)29-42(30-48(37)52(14,15)16)38(2)62-57(39(3)60-45-33-53(17,18)58(25)54(19,20)34-45,40(4)61-46-35-55(21,22)59(26)56(23,24)36-46)32-41-27-43(49(5,6)7)31-44(28-41)50(8,9)10/h27-31,45-46H,2-4,32-36H2,1,5-26H3. The summed E-state index contributed by atoms with van der Waals surface area (Å²) in [4.78, 5) is 4.98. The third-order valence-electron chi connectivity index (χ3n) is 14.9. The van der Waals surface area contributed by atoms with Gasteiger partial charge in [-0.2, -0.15) is 0 Å². The predicted octanol–water partition coefficient (Wildman–Crippen LogP) is 14.5. The van der Waals surface area contributed by atoms with Crippen molar-refractivity contribution in [3.05, 3.63) is 101 Å². The molecule has 0 aliphatic carbocycles. The molecule has 5 heteroatoms. The van der Waals surface area contributed by atoms with Crippen LogP contribution in [0.1, 0.15) is 203 Å². The van der Waals surface area contributed by atoms with Crippen LogP contribution in [0.4, 0.5) is 0 Å². The van der Waals surface area contributed by atoms with Crippen LogP contribution in [0.5, 0.6) is 0 Å². The van der Waals surface area contributed by atoms with Crippen molar-refractivity contribution in [2.24, 2.45) is 0 Å². The Morgan fingerprint density at radius 2 is 0.871 bits per heavy atom. The van der Waals surface area contributed by atoms with E-state index in [2.05, 4.69) is 200 Å². The van der Waals surface area contributed by atoms with E-state index in [9.17, 15) is 0 Å². The monoisotopic (exact) mass is 853 g/mol. The maximum atomic E-state index is 7.65. The van der Waals surface area contributed by atoms with Crippen LogP contribution in [0.3, 0.4) is 0 Å². The number of ether oxygens (including phenoxy) is 3. The second kappa shape index (κ2) is 16.8. The fourth-order valence-corrected chi connectivity index (χ4v) is 10.5. The first kappa shape index (κ1) is 51.6. The fraction of sp³-hybridized carbons (Fsp3) is 0.684. The molecule has 2 aliphatic rings. The number of likely N-dealkylation sites (tertiary alicyclic amines) is 2. The number of hydrogen-bond acceptors (Lipinski definition) is 5. The van der Waals surface area contributed by atoms with Gasteiger partial charge in [-0.1, -0.05) is 121 Å². The topological polar surface area (TPSA) is 34.2 Å². The quantitative estimate of drug-likeness (QED) is 0.210. The van der Waals surface area contributed by atoms with Crippen molar-refractivity contribution in [2.45, 2.75) is 239 Å². The fourth-order valence-electron chi connectivity index (χ4n) is 10.5. The second-order valence-electron chi connectivity index (χ2n) is 26.2. The SMILES string of the molecule is C=C(OC(Cc1cc(C(C)(C)C)cc(C(C)(C)C)c1)(C(=C)OC1CC(C)(C)N(C)C(C)(C)C1)C(=C)OC1CC(C)(C)N(C)C(C)(C)C1)c1cc(C(C)(C)C)c(C)c(C(C)(C)C)c1. The Hall–Kier alpha value is -3.02. The lowest BCUT2D eigenvalue weighted by Crippen LogP contribution is -2.61. The third kappa shape index (κ3) is 11.1. The Morgan fingerprint density at radius 1 is 0.548 bits per heavy atom. The summed E-state index contributed by atoms with van der Waals surface area (Å²) in [5, 5.41) is 0. The Bertz CT molecular complexity index is 1840. The van der Waals surface area contributed by atoms with Gasteiger partial charge in [0.2, 0.25) is 5.60 Å². The van der Waals surface area contributed by atoms with E-state index in [4.69, 9.17) is 33.9 Å². The minimum Gasteiger partial charge on any atom is -0.490 e. The van der Waals surface area contributed by atoms with Gasteiger partial charge in [0, 0.05) is 59.8 Å². The number of piperidine rings is 2. The molecular formula is C57H92N2O3. The molecule has 2 heterocycles. The van der Waals surface area contributed by atoms with Crippen molar-refractivity contribution >= 4 is 5.76 Å². The van der Waals surface area contributed by atoms with Crippen molar-refractivity contribution in [3.63, 3.8) is 0 Å². The molecule has 2 fully saturated rings. The molecule has 348 valence electrons. The van der Waals surface area contributed by atoms with Crippen LogP contribution in [0.2, 0.25) is 0 Å². The average molecular weight is 853 g/mol. The van der Waals surface area contributed by atoms with Crippen molar-refractivity contribution < 1.29 is 14.2 Å². The molecule has 5 nitrogen and oxygen atoms in total. The number of benzene rings is 2. The molecule has 0 radical (unpaired) electrons. The molecule has 62 heavy (non-hydrogen) atoms. The van der Waals surface area contributed by atoms with Gasteiger partial charge in [0.05, 0.1) is 0 Å². The number of hydrogen-bond donors (Lipinski definition) is 0. The third-order valence-corrected chi connectivity index (χ3v) is 14.9. The van der Waals surface area contributed by atoms with Crippen molar-refractivity contribution in [1.29, 1.82) is 0 Å². The van der Waals surface area contributed by atoms with Gasteiger partial charge in [-0.25, -0.2) is 0 Å². The van der Waals surface area contributed by atoms with Crippen molar-refractivity contribution in [3.8, 4) is 0 Å². The van der Waals surface area contributed by atoms with E-state index in [1.54, 1.807) is 0 Å². The summed E-state index contributed by atoms with van der Waals surface area (Å²) in [7, 11) is 4.47. The zero-order valence-electron chi connectivity index (χ0n) is 44.3. The smallest absolute Gasteiger partial charge is 0.224 e. The van der Waals surface area contributed by atoms with E-state index in [0.717, 1.165) is 36.8 Å². The van der Waals surface area contributed by atoms with Gasteiger partial charge in [-0.3, -0.25) is 9.80 Å². The Morgan fingerprint density at radius 3 is 1.16 bits per heavy atom. The van der Waals surface area contributed by atoms with Gasteiger partial charge in [0.15, 0.2) is 0 Å². The van der Waals surface area contributed by atoms with E-state index < -0.39 is 5.60 Å². The first-order valence-electron chi connectivity index (χ1n) is 23.5. The lowest BCUT2D eigenvalue weighted by Gasteiger charge is -2.54. The average Bonchev–Trinajstić information content (AvgIpc) is 3.06. The molecule has 4 rings (SSSR count). The van der Waals surface area contributed by atoms with Crippen molar-refractivity contribution in [2.75, 3.05) is 14.1 Å². The van der Waals surface area contributed by atoms with Crippen LogP contribution >= 0.6 is 0 Å². The summed E-state index contributed by atoms with van der Waals surface area (Å²) in [5.74, 6) is 1.56. The van der Waals surface area contributed by atoms with Crippen LogP contribution in [0.25, 0.3) is 5.76 Å². The molecule has 0 unspecified atom stereocenters. The molecular weight excluding hydrogens is 761 g/mol. The largest absolute Gasteiger partial charge is 0.490 e. The van der Waals surface area contributed by atoms with E-state index in [-0.39, 0.29) is 56.0 Å². The minimum absolute atomic E-state index is 0.0880. The van der Waals surface area contributed by atoms with Gasteiger partial charge in [0.25, 0.3) is 0 Å². The molecule has 2 aromatic carbocycles. The first-order chi connectivity index (χ1) is 27.6. The summed E-state index contributed by atoms with van der Waals surface area (Å²) in [6.07, 6.45) is 3.52. The Kier molecular flexibility index (Phi) is 14.0. The van der Waals surface area contributed by atoms with Crippen LogP contribution in [-0.4, -0.2) is 63.9 Å². The predicted molar refractivity (Wildman–Crippen MR) is 267 cm³/mol. The van der Waals surface area contributed by atoms with Gasteiger partial charge in [-0.05, 0) is 144 Å². The molecule has 2 saturated heterocycles. The van der Waals surface area contributed by atoms with Crippen LogP contribution in [-0.2, 0) is 42.3 Å². The zero-order chi connectivity index (χ0) is 47.8. The summed E-state index contributed by atoms with van der Waals surface area (Å²) >= 11 is 0. The normalized spacial score (nSPS) is 20.4. The highest BCUT2D eigenvalue weighted by Gasteiger charge is 2.51. The number of nitrogens with zero attached hydrogens (tertiary/aromatic N) is 2. The zero-order valence-corrected chi connectivity index (χ0v) is 44.3. The molecule has 0 N–H and O–H groups in total. The highest BCUT2D eigenvalue weighted by molar-refractivity contribution is 5.63. The van der Waals surface area contributed by atoms with E-state index >= 15 is 0 Å². The second-order valence-corrected chi connectivity index (χ2v) is 26.2. The lowest BCUT2D eigenvalue weighted by molar-refractivity contribution is -0.111. The minimum atomic E-state index is -1.34. The maximum absolute atomic E-state index is 7.65. The molecule has 0 aromatic heterocycles. The molecule has 0 saturated carbocycles. The van der Waals surface area contributed by atoms with Gasteiger partial charge in [-0.15, -0.1) is 0 Å². The van der Waals surface area contributed by atoms with Crippen molar-refractivity contribution in [1.82, 2.24) is 9.80 Å². The Labute approximate surface area is 382 Å². The van der Waals surface area contributed by atoms with Crippen LogP contribution < -0.4 is 0 Å². The van der Waals surface area contributed by atoms with Gasteiger partial charge in [0.1, 0.15) is 29.5 Å². The highest BCUT2D eigenvalue weighted by atomic mass is 16.6. The van der Waals surface area contributed by atoms with Gasteiger partial charge >= 0.3 is 0 Å². The van der Waals surface area contributed by atoms with E-state index in [1.165, 1.54) is 27.8 Å². The molecule has 2 aliphatic heterocycles. The van der Waals surface area contributed by atoms with E-state index in [0.29, 0.717) is 23.7 Å². The Balaban J connectivity index is 2.05. The summed E-state index contributed by atoms with van der Waals surface area (Å²) < 4.78 is 22.3. The maximum Gasteiger partial charge on any atom is 0.224 e. The summed E-state index contributed by atoms with van der Waals surface area (Å²) in [6, 6.07) is 11.6. The molecule has 0 spiro atoms. The highest BCUT2D eigenvalue weighted by Crippen LogP contribution is 2.47. The number of rotatable bonds is 11.